The lowest BCUT2D eigenvalue weighted by molar-refractivity contribution is -0.131. The number of aliphatic hydroxyl groups excluding tert-OH is 1. The second-order valence-electron chi connectivity index (χ2n) is 9.77. The molecule has 0 bridgehead atoms. The summed E-state index contributed by atoms with van der Waals surface area (Å²) in [7, 11) is 0. The summed E-state index contributed by atoms with van der Waals surface area (Å²) < 4.78 is 33.4. The smallest absolute Gasteiger partial charge is 0.226 e. The van der Waals surface area contributed by atoms with Crippen LogP contribution in [0.3, 0.4) is 0 Å². The number of likely N-dealkylation sites (tertiary alicyclic amines) is 1. The number of ether oxygens (including phenoxy) is 1. The highest BCUT2D eigenvalue weighted by Gasteiger charge is 2.38. The van der Waals surface area contributed by atoms with Gasteiger partial charge in [0.2, 0.25) is 5.91 Å². The Morgan fingerprint density at radius 3 is 2.65 bits per heavy atom. The molecule has 6 nitrogen and oxygen atoms in total. The van der Waals surface area contributed by atoms with Gasteiger partial charge in [-0.3, -0.25) is 10.1 Å². The molecule has 2 fully saturated rings. The summed E-state index contributed by atoms with van der Waals surface area (Å²) in [5.41, 5.74) is 0.490. The Kier molecular flexibility index (Phi) is 10.7. The van der Waals surface area contributed by atoms with Gasteiger partial charge in [0.15, 0.2) is 0 Å². The van der Waals surface area contributed by atoms with Crippen LogP contribution in [0.15, 0.2) is 18.2 Å². The molecule has 2 saturated heterocycles. The van der Waals surface area contributed by atoms with Gasteiger partial charge in [-0.15, -0.1) is 0 Å². The van der Waals surface area contributed by atoms with Crippen molar-refractivity contribution >= 4 is 5.91 Å². The Morgan fingerprint density at radius 2 is 2.00 bits per heavy atom. The number of rotatable bonds is 13. The lowest BCUT2D eigenvalue weighted by Gasteiger charge is -2.34. The quantitative estimate of drug-likeness (QED) is 0.298. The lowest BCUT2D eigenvalue weighted by Crippen LogP contribution is -2.54. The highest BCUT2D eigenvalue weighted by atomic mass is 19.1. The molecule has 0 aromatic heterocycles. The second kappa shape index (κ2) is 13.5. The summed E-state index contributed by atoms with van der Waals surface area (Å²) in [6.45, 7) is 7.18. The van der Waals surface area contributed by atoms with Gasteiger partial charge < -0.3 is 20.1 Å². The van der Waals surface area contributed by atoms with Crippen LogP contribution in [0.1, 0.15) is 57.9 Å². The molecule has 5 atom stereocenters. The number of nitrogens with one attached hydrogen (secondary N) is 2. The minimum Gasteiger partial charge on any atom is -0.390 e. The summed E-state index contributed by atoms with van der Waals surface area (Å²) in [5.74, 6) is -0.891. The Morgan fingerprint density at radius 1 is 1.24 bits per heavy atom. The van der Waals surface area contributed by atoms with E-state index >= 15 is 0 Å². The van der Waals surface area contributed by atoms with Crippen molar-refractivity contribution in [1.29, 1.82) is 0 Å². The number of nitrogens with zero attached hydrogens (tertiary/aromatic N) is 1. The van der Waals surface area contributed by atoms with Crippen molar-refractivity contribution in [3.05, 3.63) is 35.4 Å². The van der Waals surface area contributed by atoms with Crippen molar-refractivity contribution in [3.63, 3.8) is 0 Å². The predicted octanol–water partition coefficient (Wildman–Crippen LogP) is 3.23. The van der Waals surface area contributed by atoms with Crippen molar-refractivity contribution in [2.45, 2.75) is 77.0 Å². The van der Waals surface area contributed by atoms with Crippen LogP contribution in [0, 0.1) is 23.5 Å². The first kappa shape index (κ1) is 27.0. The Bertz CT molecular complexity index is 755. The fourth-order valence-corrected chi connectivity index (χ4v) is 5.29. The topological polar surface area (TPSA) is 73.8 Å². The Balaban J connectivity index is 1.57. The van der Waals surface area contributed by atoms with Crippen LogP contribution in [0.5, 0.6) is 0 Å². The van der Waals surface area contributed by atoms with Gasteiger partial charge in [-0.05, 0) is 56.3 Å². The number of benzene rings is 1. The number of amides is 1. The number of halogens is 2. The highest BCUT2D eigenvalue weighted by Crippen LogP contribution is 2.28. The number of piperidine rings is 1. The number of aliphatic hydroxyl groups is 1. The zero-order chi connectivity index (χ0) is 24.5. The van der Waals surface area contributed by atoms with Crippen molar-refractivity contribution in [3.8, 4) is 0 Å². The van der Waals surface area contributed by atoms with Crippen LogP contribution >= 0.6 is 0 Å². The first-order chi connectivity index (χ1) is 16.4. The van der Waals surface area contributed by atoms with Crippen molar-refractivity contribution in [2.24, 2.45) is 11.8 Å². The van der Waals surface area contributed by atoms with E-state index < -0.39 is 23.8 Å². The maximum Gasteiger partial charge on any atom is 0.226 e. The molecule has 1 amide bonds. The maximum absolute atomic E-state index is 13.7. The van der Waals surface area contributed by atoms with Gasteiger partial charge in [-0.1, -0.05) is 26.7 Å². The monoisotopic (exact) mass is 481 g/mol. The van der Waals surface area contributed by atoms with Crippen LogP contribution < -0.4 is 10.6 Å². The summed E-state index contributed by atoms with van der Waals surface area (Å²) >= 11 is 0. The van der Waals surface area contributed by atoms with E-state index in [0.717, 1.165) is 64.2 Å². The first-order valence-electron chi connectivity index (χ1n) is 12.9. The molecular weight excluding hydrogens is 440 g/mol. The zero-order valence-electron chi connectivity index (χ0n) is 20.6. The molecule has 3 N–H and O–H groups in total. The molecule has 1 aromatic rings. The van der Waals surface area contributed by atoms with Gasteiger partial charge in [0.1, 0.15) is 11.6 Å². The molecule has 2 aliphatic heterocycles. The van der Waals surface area contributed by atoms with Crippen molar-refractivity contribution < 1.29 is 23.4 Å². The standard InChI is InChI=1S/C26H41F2N3O3/c1-3-5-10-31-15-19(22(4-2)26(31)33)16-34-17-30-24(25(32)23-8-6-7-9-29-23)13-18-11-20(27)14-21(28)12-18/h11-12,14,19,22-25,29-30,32H,3-10,13,15-17H2,1-2H3/t19?,22?,23-,24+,25-/m1/s1. The number of hydrogen-bond donors (Lipinski definition) is 3. The molecule has 2 aliphatic rings. The number of hydrogen-bond acceptors (Lipinski definition) is 5. The summed E-state index contributed by atoms with van der Waals surface area (Å²) in [4.78, 5) is 14.6. The minimum absolute atomic E-state index is 0.0139. The van der Waals surface area contributed by atoms with Gasteiger partial charge in [-0.25, -0.2) is 8.78 Å². The molecule has 0 saturated carbocycles. The summed E-state index contributed by atoms with van der Waals surface area (Å²) in [6.07, 6.45) is 5.38. The van der Waals surface area contributed by atoms with Crippen LogP contribution in [0.25, 0.3) is 0 Å². The average molecular weight is 482 g/mol. The van der Waals surface area contributed by atoms with Crippen LogP contribution in [0.4, 0.5) is 8.78 Å². The summed E-state index contributed by atoms with van der Waals surface area (Å²) in [5, 5.41) is 17.7. The number of carbonyl (C=O) groups excluding carboxylic acids is 1. The van der Waals surface area contributed by atoms with E-state index in [1.54, 1.807) is 0 Å². The third kappa shape index (κ3) is 7.44. The van der Waals surface area contributed by atoms with Gasteiger partial charge in [0, 0.05) is 43.1 Å². The van der Waals surface area contributed by atoms with Crippen LogP contribution in [-0.4, -0.2) is 67.1 Å². The minimum atomic E-state index is -0.726. The molecule has 1 aromatic carbocycles. The molecule has 0 aliphatic carbocycles. The molecule has 34 heavy (non-hydrogen) atoms. The SMILES string of the molecule is CCCCN1CC(COCN[C@@H](Cc2cc(F)cc(F)c2)[C@H](O)[C@H]2CCCCN2)C(CC)C1=O. The Hall–Kier alpha value is -1.61. The number of unbranched alkanes of at least 4 members (excludes halogenated alkanes) is 1. The molecule has 2 heterocycles. The van der Waals surface area contributed by atoms with E-state index in [4.69, 9.17) is 4.74 Å². The number of carbonyl (C=O) groups is 1. The zero-order valence-corrected chi connectivity index (χ0v) is 20.6. The summed E-state index contributed by atoms with van der Waals surface area (Å²) in [6, 6.07) is 2.96. The van der Waals surface area contributed by atoms with Crippen molar-refractivity contribution in [2.75, 3.05) is 33.0 Å². The van der Waals surface area contributed by atoms with E-state index in [2.05, 4.69) is 17.6 Å². The first-order valence-corrected chi connectivity index (χ1v) is 12.9. The average Bonchev–Trinajstić information content (AvgIpc) is 3.13. The van der Waals surface area contributed by atoms with E-state index in [9.17, 15) is 18.7 Å². The fourth-order valence-electron chi connectivity index (χ4n) is 5.29. The maximum atomic E-state index is 13.7. The third-order valence-corrected chi connectivity index (χ3v) is 7.20. The molecule has 0 spiro atoms. The van der Waals surface area contributed by atoms with E-state index in [1.807, 2.05) is 11.8 Å². The van der Waals surface area contributed by atoms with Gasteiger partial charge in [-0.2, -0.15) is 0 Å². The van der Waals surface area contributed by atoms with Gasteiger partial charge in [0.05, 0.1) is 19.4 Å². The van der Waals surface area contributed by atoms with E-state index in [1.165, 1.54) is 12.1 Å². The normalized spacial score (nSPS) is 25.0. The highest BCUT2D eigenvalue weighted by molar-refractivity contribution is 5.81. The molecule has 0 radical (unpaired) electrons. The van der Waals surface area contributed by atoms with E-state index in [0.29, 0.717) is 12.2 Å². The largest absolute Gasteiger partial charge is 0.390 e. The predicted molar refractivity (Wildman–Crippen MR) is 128 cm³/mol. The van der Waals surface area contributed by atoms with Crippen LogP contribution in [0.2, 0.25) is 0 Å². The van der Waals surface area contributed by atoms with Crippen molar-refractivity contribution in [1.82, 2.24) is 15.5 Å². The third-order valence-electron chi connectivity index (χ3n) is 7.20. The molecule has 2 unspecified atom stereocenters. The Labute approximate surface area is 202 Å². The molecule has 8 heteroatoms. The van der Waals surface area contributed by atoms with E-state index in [-0.39, 0.29) is 36.9 Å². The fraction of sp³-hybridized carbons (Fsp3) is 0.731. The second-order valence-corrected chi connectivity index (χ2v) is 9.77. The van der Waals surface area contributed by atoms with Crippen LogP contribution in [-0.2, 0) is 16.0 Å². The molecule has 3 rings (SSSR count). The van der Waals surface area contributed by atoms with Gasteiger partial charge in [0.25, 0.3) is 0 Å². The van der Waals surface area contributed by atoms with Gasteiger partial charge >= 0.3 is 0 Å². The molecule has 192 valence electrons. The molecular formula is C26H41F2N3O3. The lowest BCUT2D eigenvalue weighted by atomic mass is 9.91.